The Balaban J connectivity index is 0.00000312. The van der Waals surface area contributed by atoms with Crippen molar-refractivity contribution < 1.29 is 9.18 Å². The summed E-state index contributed by atoms with van der Waals surface area (Å²) in [7, 11) is 1.70. The van der Waals surface area contributed by atoms with Crippen molar-refractivity contribution in [1.82, 2.24) is 20.4 Å². The van der Waals surface area contributed by atoms with Gasteiger partial charge in [0.05, 0.1) is 0 Å². The molecule has 0 saturated carbocycles. The fourth-order valence-electron chi connectivity index (χ4n) is 2.66. The van der Waals surface area contributed by atoms with E-state index in [-0.39, 0.29) is 35.7 Å². The SMILES string of the molecule is CN=C(NCCN1CCN(C(C)=O)CC1)NCc1ccccc1F.I. The second-order valence-corrected chi connectivity index (χ2v) is 5.79. The lowest BCUT2D eigenvalue weighted by molar-refractivity contribution is -0.130. The number of nitrogens with zero attached hydrogens (tertiary/aromatic N) is 3. The van der Waals surface area contributed by atoms with Crippen LogP contribution in [0.5, 0.6) is 0 Å². The second-order valence-electron chi connectivity index (χ2n) is 5.79. The molecule has 1 aromatic rings. The Hall–Kier alpha value is -1.42. The molecule has 1 aromatic carbocycles. The van der Waals surface area contributed by atoms with Crippen molar-refractivity contribution in [1.29, 1.82) is 0 Å². The third kappa shape index (κ3) is 7.15. The maximum Gasteiger partial charge on any atom is 0.219 e. The molecule has 140 valence electrons. The molecule has 1 aliphatic heterocycles. The molecule has 6 nitrogen and oxygen atoms in total. The van der Waals surface area contributed by atoms with Crippen LogP contribution >= 0.6 is 24.0 Å². The van der Waals surface area contributed by atoms with Gasteiger partial charge >= 0.3 is 0 Å². The molecule has 0 radical (unpaired) electrons. The van der Waals surface area contributed by atoms with Gasteiger partial charge < -0.3 is 15.5 Å². The predicted octanol–water partition coefficient (Wildman–Crippen LogP) is 1.27. The quantitative estimate of drug-likeness (QED) is 0.393. The Bertz CT molecular complexity index is 576. The first kappa shape index (κ1) is 21.6. The Labute approximate surface area is 165 Å². The van der Waals surface area contributed by atoms with Crippen LogP contribution in [-0.4, -0.2) is 68.0 Å². The average Bonchev–Trinajstić information content (AvgIpc) is 2.59. The van der Waals surface area contributed by atoms with Crippen LogP contribution < -0.4 is 10.6 Å². The summed E-state index contributed by atoms with van der Waals surface area (Å²) in [4.78, 5) is 19.6. The first-order valence-electron chi connectivity index (χ1n) is 8.26. The van der Waals surface area contributed by atoms with Crippen molar-refractivity contribution in [3.63, 3.8) is 0 Å². The highest BCUT2D eigenvalue weighted by molar-refractivity contribution is 14.0. The lowest BCUT2D eigenvalue weighted by Gasteiger charge is -2.34. The monoisotopic (exact) mass is 463 g/mol. The summed E-state index contributed by atoms with van der Waals surface area (Å²) < 4.78 is 13.6. The number of hydrogen-bond acceptors (Lipinski definition) is 3. The van der Waals surface area contributed by atoms with Crippen molar-refractivity contribution in [2.45, 2.75) is 13.5 Å². The first-order chi connectivity index (χ1) is 11.6. The Morgan fingerprint density at radius 1 is 1.20 bits per heavy atom. The Morgan fingerprint density at radius 3 is 2.48 bits per heavy atom. The molecule has 0 aromatic heterocycles. The van der Waals surface area contributed by atoms with E-state index in [1.165, 1.54) is 6.07 Å². The number of carbonyl (C=O) groups is 1. The molecule has 1 fully saturated rings. The van der Waals surface area contributed by atoms with Gasteiger partial charge in [0.1, 0.15) is 5.82 Å². The molecule has 1 amide bonds. The summed E-state index contributed by atoms with van der Waals surface area (Å²) in [6, 6.07) is 6.70. The molecule has 1 saturated heterocycles. The van der Waals surface area contributed by atoms with Crippen molar-refractivity contribution >= 4 is 35.8 Å². The molecule has 2 N–H and O–H groups in total. The van der Waals surface area contributed by atoms with Gasteiger partial charge in [-0.25, -0.2) is 4.39 Å². The van der Waals surface area contributed by atoms with E-state index in [2.05, 4.69) is 20.5 Å². The molecular formula is C17H27FIN5O. The fourth-order valence-corrected chi connectivity index (χ4v) is 2.66. The summed E-state index contributed by atoms with van der Waals surface area (Å²) in [5, 5.41) is 6.35. The summed E-state index contributed by atoms with van der Waals surface area (Å²) >= 11 is 0. The van der Waals surface area contributed by atoms with Gasteiger partial charge in [0.15, 0.2) is 5.96 Å². The van der Waals surface area contributed by atoms with Gasteiger partial charge in [-0.3, -0.25) is 14.7 Å². The number of guanidine groups is 1. The lowest BCUT2D eigenvalue weighted by atomic mass is 10.2. The van der Waals surface area contributed by atoms with Gasteiger partial charge in [0, 0.05) is 65.3 Å². The Morgan fingerprint density at radius 2 is 1.88 bits per heavy atom. The maximum absolute atomic E-state index is 13.6. The number of aliphatic imine (C=N–C) groups is 1. The Kier molecular flexibility index (Phi) is 9.73. The largest absolute Gasteiger partial charge is 0.355 e. The predicted molar refractivity (Wildman–Crippen MR) is 109 cm³/mol. The molecular weight excluding hydrogens is 436 g/mol. The van der Waals surface area contributed by atoms with Crippen LogP contribution in [0.3, 0.4) is 0 Å². The number of benzene rings is 1. The zero-order chi connectivity index (χ0) is 17.4. The lowest BCUT2D eigenvalue weighted by Crippen LogP contribution is -2.50. The van der Waals surface area contributed by atoms with E-state index < -0.39 is 0 Å². The van der Waals surface area contributed by atoms with Crippen molar-refractivity contribution in [2.75, 3.05) is 46.3 Å². The number of piperazine rings is 1. The van der Waals surface area contributed by atoms with Gasteiger partial charge in [0.2, 0.25) is 5.91 Å². The van der Waals surface area contributed by atoms with Crippen molar-refractivity contribution in [2.24, 2.45) is 4.99 Å². The minimum Gasteiger partial charge on any atom is -0.355 e. The van der Waals surface area contributed by atoms with E-state index in [0.717, 1.165) is 39.3 Å². The highest BCUT2D eigenvalue weighted by Gasteiger charge is 2.17. The fraction of sp³-hybridized carbons (Fsp3) is 0.529. The van der Waals surface area contributed by atoms with Gasteiger partial charge in [0.25, 0.3) is 0 Å². The van der Waals surface area contributed by atoms with Crippen LogP contribution in [0.2, 0.25) is 0 Å². The van der Waals surface area contributed by atoms with Gasteiger partial charge in [-0.2, -0.15) is 0 Å². The van der Waals surface area contributed by atoms with E-state index in [1.54, 1.807) is 26.1 Å². The number of nitrogens with one attached hydrogen (secondary N) is 2. The van der Waals surface area contributed by atoms with E-state index in [9.17, 15) is 9.18 Å². The van der Waals surface area contributed by atoms with E-state index in [1.807, 2.05) is 11.0 Å². The number of halogens is 2. The third-order valence-corrected chi connectivity index (χ3v) is 4.17. The van der Waals surface area contributed by atoms with Crippen LogP contribution in [0.1, 0.15) is 12.5 Å². The minimum absolute atomic E-state index is 0. The summed E-state index contributed by atoms with van der Waals surface area (Å²) in [6.07, 6.45) is 0. The number of carbonyl (C=O) groups excluding carboxylic acids is 1. The van der Waals surface area contributed by atoms with Crippen molar-refractivity contribution in [3.8, 4) is 0 Å². The summed E-state index contributed by atoms with van der Waals surface area (Å²) in [6.45, 7) is 6.99. The molecule has 0 atom stereocenters. The van der Waals surface area contributed by atoms with Crippen LogP contribution in [0, 0.1) is 5.82 Å². The van der Waals surface area contributed by atoms with Crippen LogP contribution in [0.15, 0.2) is 29.3 Å². The van der Waals surface area contributed by atoms with Gasteiger partial charge in [-0.05, 0) is 6.07 Å². The van der Waals surface area contributed by atoms with E-state index in [4.69, 9.17) is 0 Å². The molecule has 0 aliphatic carbocycles. The van der Waals surface area contributed by atoms with Gasteiger partial charge in [-0.15, -0.1) is 24.0 Å². The number of rotatable bonds is 5. The number of amides is 1. The third-order valence-electron chi connectivity index (χ3n) is 4.17. The van der Waals surface area contributed by atoms with E-state index in [0.29, 0.717) is 18.1 Å². The van der Waals surface area contributed by atoms with Crippen LogP contribution in [0.4, 0.5) is 4.39 Å². The zero-order valence-electron chi connectivity index (χ0n) is 14.8. The second kappa shape index (κ2) is 11.2. The molecule has 0 spiro atoms. The topological polar surface area (TPSA) is 60.0 Å². The minimum atomic E-state index is -0.219. The standard InChI is InChI=1S/C17H26FN5O.HI/c1-14(24)23-11-9-22(10-12-23)8-7-20-17(19-2)21-13-15-5-3-4-6-16(15)18;/h3-6H,7-13H2,1-2H3,(H2,19,20,21);1H. The smallest absolute Gasteiger partial charge is 0.219 e. The molecule has 0 unspecified atom stereocenters. The molecule has 1 heterocycles. The van der Waals surface area contributed by atoms with E-state index >= 15 is 0 Å². The van der Waals surface area contributed by atoms with Crippen molar-refractivity contribution in [3.05, 3.63) is 35.6 Å². The molecule has 25 heavy (non-hydrogen) atoms. The zero-order valence-corrected chi connectivity index (χ0v) is 17.1. The molecule has 0 bridgehead atoms. The normalized spacial score (nSPS) is 15.5. The molecule has 2 rings (SSSR count). The molecule has 8 heteroatoms. The highest BCUT2D eigenvalue weighted by Crippen LogP contribution is 2.05. The summed E-state index contributed by atoms with van der Waals surface area (Å²) in [5.74, 6) is 0.579. The first-order valence-corrected chi connectivity index (χ1v) is 8.26. The molecule has 1 aliphatic rings. The van der Waals surface area contributed by atoms with Gasteiger partial charge in [-0.1, -0.05) is 18.2 Å². The number of hydrogen-bond donors (Lipinski definition) is 2. The average molecular weight is 463 g/mol. The van der Waals surface area contributed by atoms with Crippen LogP contribution in [0.25, 0.3) is 0 Å². The summed E-state index contributed by atoms with van der Waals surface area (Å²) in [5.41, 5.74) is 0.612. The highest BCUT2D eigenvalue weighted by atomic mass is 127. The maximum atomic E-state index is 13.6. The van der Waals surface area contributed by atoms with Crippen LogP contribution in [-0.2, 0) is 11.3 Å².